The largest absolute Gasteiger partial charge is 0.489 e. The van der Waals surface area contributed by atoms with E-state index >= 15 is 0 Å². The predicted octanol–water partition coefficient (Wildman–Crippen LogP) is 5.38. The first-order valence-corrected chi connectivity index (χ1v) is 12.5. The van der Waals surface area contributed by atoms with E-state index in [9.17, 15) is 13.2 Å². The number of rotatable bonds is 8. The smallest absolute Gasteiger partial charge is 0.357 e. The van der Waals surface area contributed by atoms with Crippen LogP contribution in [0.2, 0.25) is 5.02 Å². The quantitative estimate of drug-likeness (QED) is 0.320. The molecular weight excluding hydrogens is 486 g/mol. The van der Waals surface area contributed by atoms with Crippen molar-refractivity contribution in [3.8, 4) is 5.75 Å². The Kier molecular flexibility index (Phi) is 7.39. The molecule has 8 heteroatoms. The molecule has 3 aromatic carbocycles. The van der Waals surface area contributed by atoms with E-state index in [1.54, 1.807) is 25.1 Å². The van der Waals surface area contributed by atoms with Crippen molar-refractivity contribution < 1.29 is 17.4 Å². The number of hydrogen-bond donors (Lipinski definition) is 0. The van der Waals surface area contributed by atoms with Crippen LogP contribution in [-0.2, 0) is 16.7 Å². The summed E-state index contributed by atoms with van der Waals surface area (Å²) in [5.74, 6) is 0.680. The Morgan fingerprint density at radius 1 is 0.886 bits per heavy atom. The highest BCUT2D eigenvalue weighted by Gasteiger charge is 2.19. The summed E-state index contributed by atoms with van der Waals surface area (Å²) in [6.07, 6.45) is 3.36. The van der Waals surface area contributed by atoms with Gasteiger partial charge in [-0.1, -0.05) is 60.1 Å². The van der Waals surface area contributed by atoms with E-state index < -0.39 is 15.7 Å². The van der Waals surface area contributed by atoms with Crippen LogP contribution in [0.5, 0.6) is 5.75 Å². The fraction of sp³-hybridized carbons (Fsp3) is 0.0741. The topological polar surface area (TPSA) is 74.6 Å². The average Bonchev–Trinajstić information content (AvgIpc) is 2.84. The monoisotopic (exact) mass is 507 g/mol. The highest BCUT2D eigenvalue weighted by atomic mass is 35.5. The maximum absolute atomic E-state index is 12.7. The molecule has 35 heavy (non-hydrogen) atoms. The molecule has 0 atom stereocenters. The minimum Gasteiger partial charge on any atom is -0.489 e. The van der Waals surface area contributed by atoms with Crippen molar-refractivity contribution >= 4 is 33.9 Å². The number of nitrogens with zero attached hydrogens (tertiary/aromatic N) is 1. The molecule has 4 rings (SSSR count). The van der Waals surface area contributed by atoms with Crippen LogP contribution in [0.4, 0.5) is 0 Å². The first-order valence-electron chi connectivity index (χ1n) is 10.7. The fourth-order valence-electron chi connectivity index (χ4n) is 3.28. The number of aryl methyl sites for hydroxylation is 1. The second-order valence-corrected chi connectivity index (χ2v) is 9.72. The molecule has 0 bridgehead atoms. The van der Waals surface area contributed by atoms with Gasteiger partial charge in [-0.3, -0.25) is 9.08 Å². The van der Waals surface area contributed by atoms with E-state index in [0.717, 1.165) is 15.9 Å². The van der Waals surface area contributed by atoms with Crippen molar-refractivity contribution in [2.75, 3.05) is 0 Å². The summed E-state index contributed by atoms with van der Waals surface area (Å²) in [5, 5.41) is 0.384. The maximum atomic E-state index is 12.7. The molecule has 0 N–H and O–H groups in total. The number of halogens is 1. The van der Waals surface area contributed by atoms with Crippen LogP contribution in [0.3, 0.4) is 0 Å². The minimum atomic E-state index is -4.26. The Morgan fingerprint density at radius 2 is 1.63 bits per heavy atom. The van der Waals surface area contributed by atoms with E-state index in [2.05, 4.69) is 0 Å². The second kappa shape index (κ2) is 10.6. The molecule has 0 aliphatic carbocycles. The van der Waals surface area contributed by atoms with Gasteiger partial charge in [0.05, 0.1) is 5.69 Å². The lowest BCUT2D eigenvalue weighted by Crippen LogP contribution is -2.32. The Bertz CT molecular complexity index is 1510. The van der Waals surface area contributed by atoms with Crippen LogP contribution in [0, 0.1) is 6.92 Å². The third kappa shape index (κ3) is 6.41. The minimum absolute atomic E-state index is 0.118. The molecule has 0 saturated heterocycles. The van der Waals surface area contributed by atoms with E-state index in [4.69, 9.17) is 20.6 Å². The molecule has 0 unspecified atom stereocenters. The Hall–Kier alpha value is -3.81. The number of benzene rings is 3. The van der Waals surface area contributed by atoms with E-state index in [-0.39, 0.29) is 10.6 Å². The van der Waals surface area contributed by atoms with Gasteiger partial charge < -0.3 is 4.74 Å². The van der Waals surface area contributed by atoms with E-state index in [1.807, 2.05) is 54.6 Å². The van der Waals surface area contributed by atoms with Gasteiger partial charge in [-0.15, -0.1) is 4.73 Å². The van der Waals surface area contributed by atoms with Crippen molar-refractivity contribution in [1.82, 2.24) is 4.73 Å². The standard InChI is InChI=1S/C27H22ClNO5S/c1-20-16-24(29(27(30)17-20)34-35(31,32)26-14-11-23(28)12-15-26)13-10-21-8-5-9-25(18-21)33-19-22-6-3-2-4-7-22/h2-18H,19H2,1H3/b13-10+. The Balaban J connectivity index is 1.58. The van der Waals surface area contributed by atoms with E-state index in [1.165, 1.54) is 30.3 Å². The van der Waals surface area contributed by atoms with Crippen LogP contribution in [0.25, 0.3) is 12.2 Å². The van der Waals surface area contributed by atoms with Crippen molar-refractivity contribution in [2.45, 2.75) is 18.4 Å². The highest BCUT2D eigenvalue weighted by molar-refractivity contribution is 7.87. The predicted molar refractivity (Wildman–Crippen MR) is 137 cm³/mol. The highest BCUT2D eigenvalue weighted by Crippen LogP contribution is 2.18. The lowest BCUT2D eigenvalue weighted by atomic mass is 10.1. The van der Waals surface area contributed by atoms with Gasteiger partial charge in [-0.25, -0.2) is 0 Å². The summed E-state index contributed by atoms with van der Waals surface area (Å²) in [6.45, 7) is 2.18. The Morgan fingerprint density at radius 3 is 2.37 bits per heavy atom. The molecule has 6 nitrogen and oxygen atoms in total. The van der Waals surface area contributed by atoms with Crippen molar-refractivity contribution in [2.24, 2.45) is 0 Å². The molecule has 0 saturated carbocycles. The van der Waals surface area contributed by atoms with Crippen molar-refractivity contribution in [3.05, 3.63) is 129 Å². The lowest BCUT2D eigenvalue weighted by molar-refractivity contribution is 0.264. The molecular formula is C27H22ClNO5S. The van der Waals surface area contributed by atoms with Gasteiger partial charge >= 0.3 is 10.1 Å². The molecule has 4 aromatic rings. The third-order valence-corrected chi connectivity index (χ3v) is 6.44. The number of aromatic nitrogens is 1. The van der Waals surface area contributed by atoms with Gasteiger partial charge in [0, 0.05) is 11.1 Å². The van der Waals surface area contributed by atoms with Crippen molar-refractivity contribution in [1.29, 1.82) is 0 Å². The molecule has 0 aliphatic rings. The third-order valence-electron chi connectivity index (χ3n) is 4.99. The maximum Gasteiger partial charge on any atom is 0.357 e. The van der Waals surface area contributed by atoms with Crippen LogP contribution in [0.1, 0.15) is 22.4 Å². The molecule has 0 aliphatic heterocycles. The Labute approximate surface area is 208 Å². The SMILES string of the molecule is Cc1cc(/C=C/c2cccc(OCc3ccccc3)c2)n(OS(=O)(=O)c2ccc(Cl)cc2)c(=O)c1. The van der Waals surface area contributed by atoms with E-state index in [0.29, 0.717) is 22.9 Å². The van der Waals surface area contributed by atoms with Gasteiger partial charge in [0.1, 0.15) is 17.3 Å². The zero-order valence-corrected chi connectivity index (χ0v) is 20.4. The summed E-state index contributed by atoms with van der Waals surface area (Å²) >= 11 is 5.84. The summed E-state index contributed by atoms with van der Waals surface area (Å²) in [5.41, 5.74) is 2.18. The van der Waals surface area contributed by atoms with Crippen LogP contribution < -0.4 is 14.6 Å². The molecule has 0 radical (unpaired) electrons. The number of hydrogen-bond acceptors (Lipinski definition) is 5. The number of pyridine rings is 1. The second-order valence-electron chi connectivity index (χ2n) is 7.75. The fourth-order valence-corrected chi connectivity index (χ4v) is 4.32. The summed E-state index contributed by atoms with van der Waals surface area (Å²) < 4.78 is 37.3. The normalized spacial score (nSPS) is 11.5. The molecule has 0 spiro atoms. The first kappa shape index (κ1) is 24.3. The van der Waals surface area contributed by atoms with Gasteiger partial charge in [-0.05, 0) is 72.2 Å². The van der Waals surface area contributed by atoms with Crippen molar-refractivity contribution in [3.63, 3.8) is 0 Å². The van der Waals surface area contributed by atoms with Crippen LogP contribution in [0.15, 0.2) is 101 Å². The molecule has 0 amide bonds. The molecule has 1 heterocycles. The molecule has 178 valence electrons. The van der Waals surface area contributed by atoms with Gasteiger partial charge in [0.25, 0.3) is 5.56 Å². The number of ether oxygens (including phenoxy) is 1. The van der Waals surface area contributed by atoms with Gasteiger partial charge in [0.2, 0.25) is 0 Å². The lowest BCUT2D eigenvalue weighted by Gasteiger charge is -2.12. The summed E-state index contributed by atoms with van der Waals surface area (Å²) in [4.78, 5) is 12.5. The zero-order chi connectivity index (χ0) is 24.8. The van der Waals surface area contributed by atoms with Crippen LogP contribution >= 0.6 is 11.6 Å². The molecule has 0 fully saturated rings. The van der Waals surface area contributed by atoms with Gasteiger partial charge in [0.15, 0.2) is 0 Å². The average molecular weight is 508 g/mol. The summed E-state index contributed by atoms with van der Waals surface area (Å²) in [6, 6.07) is 25.7. The summed E-state index contributed by atoms with van der Waals surface area (Å²) in [7, 11) is -4.26. The zero-order valence-electron chi connectivity index (χ0n) is 18.8. The molecule has 1 aromatic heterocycles. The van der Waals surface area contributed by atoms with Crippen LogP contribution in [-0.4, -0.2) is 13.1 Å². The first-order chi connectivity index (χ1) is 16.8. The van der Waals surface area contributed by atoms with Gasteiger partial charge in [-0.2, -0.15) is 8.42 Å².